The standard InChI is InChI=1S/C14H17ClN2O/c1-10-6-2-5-9-13(10)16-17-14(18)11-7-3-4-8-12(11)15/h3-4,7-8,10H,2,5-6,9H2,1H3,(H,17,18). The second kappa shape index (κ2) is 6.01. The van der Waals surface area contributed by atoms with E-state index in [0.717, 1.165) is 25.0 Å². The number of rotatable bonds is 2. The molecule has 1 saturated carbocycles. The summed E-state index contributed by atoms with van der Waals surface area (Å²) in [4.78, 5) is 11.9. The van der Waals surface area contributed by atoms with Crippen molar-refractivity contribution < 1.29 is 4.79 Å². The molecule has 1 fully saturated rings. The SMILES string of the molecule is CC1CCCCC1=NNC(=O)c1ccccc1Cl. The van der Waals surface area contributed by atoms with Crippen LogP contribution in [0.5, 0.6) is 0 Å². The number of carbonyl (C=O) groups excluding carboxylic acids is 1. The van der Waals surface area contributed by atoms with Gasteiger partial charge in [-0.15, -0.1) is 0 Å². The Hall–Kier alpha value is -1.35. The first-order valence-corrected chi connectivity index (χ1v) is 6.67. The van der Waals surface area contributed by atoms with Crippen molar-refractivity contribution >= 4 is 23.2 Å². The molecule has 1 aliphatic carbocycles. The summed E-state index contributed by atoms with van der Waals surface area (Å²) in [6.07, 6.45) is 4.54. The van der Waals surface area contributed by atoms with Crippen molar-refractivity contribution in [1.82, 2.24) is 5.43 Å². The van der Waals surface area contributed by atoms with Crippen molar-refractivity contribution in [1.29, 1.82) is 0 Å². The summed E-state index contributed by atoms with van der Waals surface area (Å²) in [6.45, 7) is 2.15. The van der Waals surface area contributed by atoms with Gasteiger partial charge in [0.25, 0.3) is 5.91 Å². The number of halogens is 1. The second-order valence-electron chi connectivity index (χ2n) is 4.67. The number of benzene rings is 1. The average molecular weight is 265 g/mol. The molecule has 0 saturated heterocycles. The molecule has 3 nitrogen and oxygen atoms in total. The van der Waals surface area contributed by atoms with Crippen LogP contribution in [0.15, 0.2) is 29.4 Å². The first-order valence-electron chi connectivity index (χ1n) is 6.30. The molecule has 1 aromatic rings. The fraction of sp³-hybridized carbons (Fsp3) is 0.429. The second-order valence-corrected chi connectivity index (χ2v) is 5.08. The molecule has 0 radical (unpaired) electrons. The quantitative estimate of drug-likeness (QED) is 0.814. The van der Waals surface area contributed by atoms with Crippen LogP contribution in [-0.4, -0.2) is 11.6 Å². The molecule has 0 spiro atoms. The Kier molecular flexibility index (Phi) is 4.37. The molecule has 0 aromatic heterocycles. The molecule has 1 N–H and O–H groups in total. The Morgan fingerprint density at radius 1 is 1.39 bits per heavy atom. The minimum atomic E-state index is -0.245. The van der Waals surface area contributed by atoms with Gasteiger partial charge in [-0.25, -0.2) is 5.43 Å². The van der Waals surface area contributed by atoms with Gasteiger partial charge in [0.15, 0.2) is 0 Å². The fourth-order valence-corrected chi connectivity index (χ4v) is 2.39. The summed E-state index contributed by atoms with van der Waals surface area (Å²) < 4.78 is 0. The number of hydrogen-bond donors (Lipinski definition) is 1. The van der Waals surface area contributed by atoms with Crippen LogP contribution in [0.1, 0.15) is 43.0 Å². The van der Waals surface area contributed by atoms with E-state index in [1.54, 1.807) is 24.3 Å². The van der Waals surface area contributed by atoms with E-state index >= 15 is 0 Å². The van der Waals surface area contributed by atoms with Gasteiger partial charge < -0.3 is 0 Å². The van der Waals surface area contributed by atoms with Gasteiger partial charge in [-0.3, -0.25) is 4.79 Å². The van der Waals surface area contributed by atoms with Crippen LogP contribution in [0, 0.1) is 5.92 Å². The predicted octanol–water partition coefficient (Wildman–Crippen LogP) is 3.64. The Bertz CT molecular complexity index is 471. The molecule has 0 heterocycles. The van der Waals surface area contributed by atoms with Crippen LogP contribution in [-0.2, 0) is 0 Å². The van der Waals surface area contributed by atoms with Crippen molar-refractivity contribution in [3.05, 3.63) is 34.9 Å². The van der Waals surface area contributed by atoms with E-state index < -0.39 is 0 Å². The van der Waals surface area contributed by atoms with Gasteiger partial charge in [0.1, 0.15) is 0 Å². The number of carbonyl (C=O) groups is 1. The molecular formula is C14H17ClN2O. The number of hydrogen-bond acceptors (Lipinski definition) is 2. The van der Waals surface area contributed by atoms with E-state index in [1.165, 1.54) is 6.42 Å². The lowest BCUT2D eigenvalue weighted by Gasteiger charge is -2.19. The van der Waals surface area contributed by atoms with Crippen LogP contribution < -0.4 is 5.43 Å². The Balaban J connectivity index is 2.04. The minimum absolute atomic E-state index is 0.245. The van der Waals surface area contributed by atoms with E-state index in [0.29, 0.717) is 16.5 Å². The minimum Gasteiger partial charge on any atom is -0.267 e. The molecule has 1 aliphatic rings. The highest BCUT2D eigenvalue weighted by Crippen LogP contribution is 2.21. The molecule has 1 aromatic carbocycles. The first kappa shape index (κ1) is 13.1. The summed E-state index contributed by atoms with van der Waals surface area (Å²) in [7, 11) is 0. The fourth-order valence-electron chi connectivity index (χ4n) is 2.16. The molecule has 1 amide bonds. The van der Waals surface area contributed by atoms with Crippen molar-refractivity contribution in [2.45, 2.75) is 32.6 Å². The van der Waals surface area contributed by atoms with Crippen molar-refractivity contribution in [3.63, 3.8) is 0 Å². The zero-order chi connectivity index (χ0) is 13.0. The maximum atomic E-state index is 11.9. The normalized spacial score (nSPS) is 21.9. The average Bonchev–Trinajstić information content (AvgIpc) is 2.38. The van der Waals surface area contributed by atoms with Crippen molar-refractivity contribution in [3.8, 4) is 0 Å². The van der Waals surface area contributed by atoms with Crippen LogP contribution in [0.25, 0.3) is 0 Å². The number of nitrogens with one attached hydrogen (secondary N) is 1. The third kappa shape index (κ3) is 3.10. The van der Waals surface area contributed by atoms with Crippen LogP contribution >= 0.6 is 11.6 Å². The summed E-state index contributed by atoms with van der Waals surface area (Å²) in [5.74, 6) is 0.219. The Morgan fingerprint density at radius 3 is 2.89 bits per heavy atom. The molecule has 18 heavy (non-hydrogen) atoms. The van der Waals surface area contributed by atoms with Crippen LogP contribution in [0.2, 0.25) is 5.02 Å². The van der Waals surface area contributed by atoms with Gasteiger partial charge in [0.05, 0.1) is 10.6 Å². The monoisotopic (exact) mass is 264 g/mol. The summed E-state index contributed by atoms with van der Waals surface area (Å²) >= 11 is 5.96. The van der Waals surface area contributed by atoms with Gasteiger partial charge >= 0.3 is 0 Å². The topological polar surface area (TPSA) is 41.5 Å². The summed E-state index contributed by atoms with van der Waals surface area (Å²) in [5, 5.41) is 4.69. The van der Waals surface area contributed by atoms with Gasteiger partial charge in [-0.05, 0) is 37.3 Å². The zero-order valence-corrected chi connectivity index (χ0v) is 11.2. The van der Waals surface area contributed by atoms with Gasteiger partial charge in [-0.1, -0.05) is 37.1 Å². The molecule has 1 atom stereocenters. The Labute approximate surface area is 112 Å². The smallest absolute Gasteiger partial charge is 0.267 e. The molecule has 96 valence electrons. The lowest BCUT2D eigenvalue weighted by Crippen LogP contribution is -2.24. The van der Waals surface area contributed by atoms with E-state index in [2.05, 4.69) is 17.5 Å². The lowest BCUT2D eigenvalue weighted by atomic mass is 9.89. The number of nitrogens with zero attached hydrogens (tertiary/aromatic N) is 1. The molecular weight excluding hydrogens is 248 g/mol. The van der Waals surface area contributed by atoms with Crippen molar-refractivity contribution in [2.24, 2.45) is 11.0 Å². The summed E-state index contributed by atoms with van der Waals surface area (Å²) in [5.41, 5.74) is 4.15. The number of amides is 1. The summed E-state index contributed by atoms with van der Waals surface area (Å²) in [6, 6.07) is 6.99. The number of hydrazone groups is 1. The van der Waals surface area contributed by atoms with Gasteiger partial charge in [0, 0.05) is 5.71 Å². The highest BCUT2D eigenvalue weighted by atomic mass is 35.5. The van der Waals surface area contributed by atoms with E-state index in [-0.39, 0.29) is 5.91 Å². The molecule has 4 heteroatoms. The van der Waals surface area contributed by atoms with E-state index in [1.807, 2.05) is 0 Å². The van der Waals surface area contributed by atoms with E-state index in [9.17, 15) is 4.79 Å². The third-order valence-corrected chi connectivity index (χ3v) is 3.64. The molecule has 2 rings (SSSR count). The highest BCUT2D eigenvalue weighted by molar-refractivity contribution is 6.33. The van der Waals surface area contributed by atoms with Gasteiger partial charge in [-0.2, -0.15) is 5.10 Å². The highest BCUT2D eigenvalue weighted by Gasteiger charge is 2.16. The largest absolute Gasteiger partial charge is 0.272 e. The molecule has 0 aliphatic heterocycles. The van der Waals surface area contributed by atoms with Crippen molar-refractivity contribution in [2.75, 3.05) is 0 Å². The maximum Gasteiger partial charge on any atom is 0.272 e. The third-order valence-electron chi connectivity index (χ3n) is 3.31. The molecule has 1 unspecified atom stereocenters. The van der Waals surface area contributed by atoms with Crippen LogP contribution in [0.4, 0.5) is 0 Å². The predicted molar refractivity (Wildman–Crippen MR) is 74.0 cm³/mol. The van der Waals surface area contributed by atoms with Crippen LogP contribution in [0.3, 0.4) is 0 Å². The molecule has 0 bridgehead atoms. The first-order chi connectivity index (χ1) is 8.68. The maximum absolute atomic E-state index is 11.9. The lowest BCUT2D eigenvalue weighted by molar-refractivity contribution is 0.0954. The Morgan fingerprint density at radius 2 is 2.17 bits per heavy atom. The zero-order valence-electron chi connectivity index (χ0n) is 10.4. The van der Waals surface area contributed by atoms with Gasteiger partial charge in [0.2, 0.25) is 0 Å². The van der Waals surface area contributed by atoms with E-state index in [4.69, 9.17) is 11.6 Å².